The van der Waals surface area contributed by atoms with Gasteiger partial charge in [0, 0.05) is 12.8 Å². The fraction of sp³-hybridized carbons (Fsp3) is 0.550. The molecular formula is C20H27NO4. The number of aliphatic hydroxyl groups is 1. The molecule has 136 valence electrons. The minimum atomic E-state index is -0.676. The second-order valence-electron chi connectivity index (χ2n) is 7.19. The smallest absolute Gasteiger partial charge is 0.256 e. The van der Waals surface area contributed by atoms with Crippen LogP contribution < -0.4 is 5.32 Å². The van der Waals surface area contributed by atoms with E-state index in [4.69, 9.17) is 9.47 Å². The van der Waals surface area contributed by atoms with Gasteiger partial charge in [0.25, 0.3) is 5.91 Å². The molecule has 0 aromatic heterocycles. The SMILES string of the molecule is C.Cc1ccc(C2=C(O)C3(CCC4(CC3)OCCO4)NC2=O)c(C)c1. The van der Waals surface area contributed by atoms with E-state index in [-0.39, 0.29) is 19.1 Å². The minimum Gasteiger partial charge on any atom is -0.509 e. The van der Waals surface area contributed by atoms with Gasteiger partial charge in [-0.3, -0.25) is 4.79 Å². The molecule has 2 N–H and O–H groups in total. The zero-order valence-electron chi connectivity index (χ0n) is 14.1. The molecule has 2 spiro atoms. The standard InChI is InChI=1S/C19H23NO4.CH4/c1-12-3-4-14(13(2)11-12)15-16(21)18(20-17(15)22)5-7-19(8-6-18)23-9-10-24-19;/h3-4,11,21H,5-10H2,1-2H3,(H,20,22);1H4. The summed E-state index contributed by atoms with van der Waals surface area (Å²) >= 11 is 0. The molecule has 1 saturated heterocycles. The molecule has 1 saturated carbocycles. The molecule has 1 amide bonds. The van der Waals surface area contributed by atoms with E-state index in [0.717, 1.165) is 16.7 Å². The second kappa shape index (κ2) is 6.15. The Morgan fingerprint density at radius 2 is 1.72 bits per heavy atom. The van der Waals surface area contributed by atoms with Crippen LogP contribution in [0.4, 0.5) is 0 Å². The van der Waals surface area contributed by atoms with Crippen molar-refractivity contribution in [1.29, 1.82) is 0 Å². The number of carbonyl (C=O) groups excluding carboxylic acids is 1. The predicted octanol–water partition coefficient (Wildman–Crippen LogP) is 3.39. The summed E-state index contributed by atoms with van der Waals surface area (Å²) in [5.41, 5.74) is 2.68. The van der Waals surface area contributed by atoms with E-state index in [1.54, 1.807) is 0 Å². The van der Waals surface area contributed by atoms with E-state index < -0.39 is 11.3 Å². The number of benzene rings is 1. The number of nitrogens with one attached hydrogen (secondary N) is 1. The van der Waals surface area contributed by atoms with Crippen LogP contribution >= 0.6 is 0 Å². The molecule has 25 heavy (non-hydrogen) atoms. The van der Waals surface area contributed by atoms with Crippen LogP contribution in [0.3, 0.4) is 0 Å². The summed E-state index contributed by atoms with van der Waals surface area (Å²) in [6.07, 6.45) is 2.60. The molecule has 5 heteroatoms. The molecule has 2 heterocycles. The molecule has 0 radical (unpaired) electrons. The van der Waals surface area contributed by atoms with Crippen LogP contribution in [0.5, 0.6) is 0 Å². The van der Waals surface area contributed by atoms with Crippen LogP contribution in [0.1, 0.15) is 49.8 Å². The van der Waals surface area contributed by atoms with Crippen molar-refractivity contribution >= 4 is 11.5 Å². The van der Waals surface area contributed by atoms with E-state index >= 15 is 0 Å². The summed E-state index contributed by atoms with van der Waals surface area (Å²) < 4.78 is 11.5. The summed E-state index contributed by atoms with van der Waals surface area (Å²) in [4.78, 5) is 12.6. The van der Waals surface area contributed by atoms with Gasteiger partial charge >= 0.3 is 0 Å². The van der Waals surface area contributed by atoms with Crippen molar-refractivity contribution in [2.75, 3.05) is 13.2 Å². The van der Waals surface area contributed by atoms with Gasteiger partial charge in [0.1, 0.15) is 5.76 Å². The summed E-state index contributed by atoms with van der Waals surface area (Å²) in [5, 5.41) is 14.0. The number of hydrogen-bond acceptors (Lipinski definition) is 4. The van der Waals surface area contributed by atoms with Gasteiger partial charge < -0.3 is 19.9 Å². The quantitative estimate of drug-likeness (QED) is 0.819. The maximum absolute atomic E-state index is 12.6. The normalized spacial score (nSPS) is 23.8. The van der Waals surface area contributed by atoms with Crippen molar-refractivity contribution in [3.63, 3.8) is 0 Å². The topological polar surface area (TPSA) is 67.8 Å². The molecule has 0 unspecified atom stereocenters. The van der Waals surface area contributed by atoms with Crippen molar-refractivity contribution in [2.45, 2.75) is 58.3 Å². The fourth-order valence-corrected chi connectivity index (χ4v) is 4.23. The Labute approximate surface area is 149 Å². The highest BCUT2D eigenvalue weighted by Gasteiger charge is 2.53. The van der Waals surface area contributed by atoms with Gasteiger partial charge in [0.05, 0.1) is 24.3 Å². The lowest BCUT2D eigenvalue weighted by atomic mass is 9.77. The third-order valence-electron chi connectivity index (χ3n) is 5.60. The Morgan fingerprint density at radius 3 is 2.32 bits per heavy atom. The Kier molecular flexibility index (Phi) is 4.41. The lowest BCUT2D eigenvalue weighted by Crippen LogP contribution is -2.51. The minimum absolute atomic E-state index is 0. The van der Waals surface area contributed by atoms with Gasteiger partial charge in [-0.1, -0.05) is 31.2 Å². The Balaban J connectivity index is 0.00000182. The first-order valence-corrected chi connectivity index (χ1v) is 8.57. The first-order valence-electron chi connectivity index (χ1n) is 8.57. The van der Waals surface area contributed by atoms with E-state index in [0.29, 0.717) is 44.5 Å². The highest BCUT2D eigenvalue weighted by molar-refractivity contribution is 6.23. The highest BCUT2D eigenvalue weighted by Crippen LogP contribution is 2.46. The number of rotatable bonds is 1. The maximum Gasteiger partial charge on any atom is 0.256 e. The molecule has 2 fully saturated rings. The summed E-state index contributed by atoms with van der Waals surface area (Å²) in [6, 6.07) is 5.92. The fourth-order valence-electron chi connectivity index (χ4n) is 4.23. The van der Waals surface area contributed by atoms with Gasteiger partial charge in [-0.25, -0.2) is 0 Å². The van der Waals surface area contributed by atoms with Crippen LogP contribution in [0.25, 0.3) is 5.57 Å². The lowest BCUT2D eigenvalue weighted by Gasteiger charge is -2.41. The van der Waals surface area contributed by atoms with E-state index in [9.17, 15) is 9.90 Å². The van der Waals surface area contributed by atoms with Crippen molar-refractivity contribution in [2.24, 2.45) is 0 Å². The lowest BCUT2D eigenvalue weighted by molar-refractivity contribution is -0.185. The van der Waals surface area contributed by atoms with E-state index in [1.165, 1.54) is 0 Å². The first-order chi connectivity index (χ1) is 11.4. The van der Waals surface area contributed by atoms with E-state index in [1.807, 2.05) is 32.0 Å². The number of carbonyl (C=O) groups is 1. The van der Waals surface area contributed by atoms with Crippen LogP contribution in [-0.4, -0.2) is 35.6 Å². The molecule has 2 aliphatic heterocycles. The Hall–Kier alpha value is -1.85. The Bertz CT molecular complexity index is 721. The molecular weight excluding hydrogens is 318 g/mol. The van der Waals surface area contributed by atoms with Crippen LogP contribution in [0, 0.1) is 13.8 Å². The number of amides is 1. The number of aryl methyl sites for hydroxylation is 2. The number of aliphatic hydroxyl groups excluding tert-OH is 1. The Morgan fingerprint density at radius 1 is 1.08 bits per heavy atom. The van der Waals surface area contributed by atoms with E-state index in [2.05, 4.69) is 5.32 Å². The van der Waals surface area contributed by atoms with Crippen molar-refractivity contribution in [3.05, 3.63) is 40.6 Å². The third kappa shape index (κ3) is 2.75. The summed E-state index contributed by atoms with van der Waals surface area (Å²) in [7, 11) is 0. The van der Waals surface area contributed by atoms with Crippen molar-refractivity contribution in [1.82, 2.24) is 5.32 Å². The predicted molar refractivity (Wildman–Crippen MR) is 96.2 cm³/mol. The van der Waals surface area contributed by atoms with Gasteiger partial charge in [-0.2, -0.15) is 0 Å². The van der Waals surface area contributed by atoms with Crippen LogP contribution in [0.15, 0.2) is 24.0 Å². The molecule has 1 aromatic rings. The first kappa shape index (κ1) is 18.0. The zero-order valence-corrected chi connectivity index (χ0v) is 14.1. The van der Waals surface area contributed by atoms with Crippen LogP contribution in [-0.2, 0) is 14.3 Å². The third-order valence-corrected chi connectivity index (χ3v) is 5.60. The highest BCUT2D eigenvalue weighted by atomic mass is 16.7. The van der Waals surface area contributed by atoms with Crippen LogP contribution in [0.2, 0.25) is 0 Å². The maximum atomic E-state index is 12.6. The van der Waals surface area contributed by atoms with Crippen molar-refractivity contribution in [3.8, 4) is 0 Å². The van der Waals surface area contributed by atoms with Gasteiger partial charge in [-0.15, -0.1) is 0 Å². The molecule has 5 nitrogen and oxygen atoms in total. The zero-order chi connectivity index (χ0) is 16.9. The summed E-state index contributed by atoms with van der Waals surface area (Å²) in [6.45, 7) is 5.23. The molecule has 1 aromatic carbocycles. The average molecular weight is 345 g/mol. The van der Waals surface area contributed by atoms with Gasteiger partial charge in [0.15, 0.2) is 5.79 Å². The molecule has 1 aliphatic carbocycles. The second-order valence-corrected chi connectivity index (χ2v) is 7.19. The molecule has 0 bridgehead atoms. The molecule has 0 atom stereocenters. The largest absolute Gasteiger partial charge is 0.509 e. The average Bonchev–Trinajstić information content (AvgIpc) is 3.09. The molecule has 4 rings (SSSR count). The molecule has 3 aliphatic rings. The summed E-state index contributed by atoms with van der Waals surface area (Å²) in [5.74, 6) is -0.533. The number of ether oxygens (including phenoxy) is 2. The number of hydrogen-bond donors (Lipinski definition) is 2. The van der Waals surface area contributed by atoms with Gasteiger partial charge in [-0.05, 0) is 37.8 Å². The van der Waals surface area contributed by atoms with Gasteiger partial charge in [0.2, 0.25) is 0 Å². The monoisotopic (exact) mass is 345 g/mol. The van der Waals surface area contributed by atoms with Crippen molar-refractivity contribution < 1.29 is 19.4 Å².